The molecule has 0 fully saturated rings. The van der Waals surface area contributed by atoms with Crippen LogP contribution < -0.4 is 0 Å². The second-order valence-corrected chi connectivity index (χ2v) is 5.49. The molecule has 0 aromatic heterocycles. The van der Waals surface area contributed by atoms with Gasteiger partial charge in [-0.25, -0.2) is 0 Å². The molecule has 0 N–H and O–H groups in total. The van der Waals surface area contributed by atoms with Gasteiger partial charge in [-0.2, -0.15) is 0 Å². The van der Waals surface area contributed by atoms with E-state index >= 15 is 0 Å². The first kappa shape index (κ1) is 15.9. The summed E-state index contributed by atoms with van der Waals surface area (Å²) in [6.07, 6.45) is 0.768. The van der Waals surface area contributed by atoms with Gasteiger partial charge >= 0.3 is 0 Å². The number of carbonyl (C=O) groups is 1. The first-order chi connectivity index (χ1) is 8.85. The minimum absolute atomic E-state index is 0.0262. The summed E-state index contributed by atoms with van der Waals surface area (Å²) in [7, 11) is 1.68. The molecule has 0 heterocycles. The third kappa shape index (κ3) is 5.13. The van der Waals surface area contributed by atoms with Crippen LogP contribution in [0.4, 0.5) is 0 Å². The molecule has 0 amide bonds. The van der Waals surface area contributed by atoms with Crippen LogP contribution in [0.1, 0.15) is 41.8 Å². The van der Waals surface area contributed by atoms with Crippen molar-refractivity contribution in [2.75, 3.05) is 20.3 Å². The number of hydrogen-bond donors (Lipinski definition) is 0. The molecule has 0 radical (unpaired) electrons. The fourth-order valence-corrected chi connectivity index (χ4v) is 1.58. The Morgan fingerprint density at radius 2 is 1.89 bits per heavy atom. The predicted octanol–water partition coefficient (Wildman–Crippen LogP) is 3.32. The molecule has 0 saturated heterocycles. The maximum absolute atomic E-state index is 11.9. The van der Waals surface area contributed by atoms with Gasteiger partial charge < -0.3 is 9.47 Å². The molecule has 1 rings (SSSR count). The van der Waals surface area contributed by atoms with E-state index in [1.54, 1.807) is 7.11 Å². The van der Waals surface area contributed by atoms with Crippen LogP contribution in [0.25, 0.3) is 0 Å². The highest BCUT2D eigenvalue weighted by molar-refractivity contribution is 5.97. The van der Waals surface area contributed by atoms with Crippen molar-refractivity contribution in [1.82, 2.24) is 0 Å². The summed E-state index contributed by atoms with van der Waals surface area (Å²) in [6.45, 7) is 8.70. The molecule has 0 aliphatic heterocycles. The van der Waals surface area contributed by atoms with Crippen LogP contribution in [0.5, 0.6) is 0 Å². The highest BCUT2D eigenvalue weighted by Crippen LogP contribution is 2.13. The van der Waals surface area contributed by atoms with Gasteiger partial charge in [0, 0.05) is 19.3 Å². The van der Waals surface area contributed by atoms with Crippen molar-refractivity contribution in [3.8, 4) is 0 Å². The number of ether oxygens (including phenoxy) is 2. The summed E-state index contributed by atoms with van der Waals surface area (Å²) < 4.78 is 10.7. The molecule has 1 aromatic rings. The molecule has 0 unspecified atom stereocenters. The van der Waals surface area contributed by atoms with Crippen molar-refractivity contribution in [2.24, 2.45) is 0 Å². The number of rotatable bonds is 7. The maximum atomic E-state index is 11.9. The van der Waals surface area contributed by atoms with Crippen LogP contribution in [0.2, 0.25) is 0 Å². The minimum Gasteiger partial charge on any atom is -0.379 e. The Labute approximate surface area is 115 Å². The number of aryl methyl sites for hydroxylation is 2. The lowest BCUT2D eigenvalue weighted by atomic mass is 10.0. The molecule has 0 atom stereocenters. The van der Waals surface area contributed by atoms with Gasteiger partial charge in [-0.1, -0.05) is 12.1 Å². The maximum Gasteiger partial charge on any atom is 0.188 e. The number of hydrogen-bond acceptors (Lipinski definition) is 3. The number of Topliss-reactive ketones (excluding diaryl/α,β-unsaturated/α-hetero) is 1. The lowest BCUT2D eigenvalue weighted by Crippen LogP contribution is -2.25. The van der Waals surface area contributed by atoms with E-state index in [-0.39, 0.29) is 18.0 Å². The molecule has 19 heavy (non-hydrogen) atoms. The van der Waals surface area contributed by atoms with Crippen molar-refractivity contribution >= 4 is 5.78 Å². The summed E-state index contributed by atoms with van der Waals surface area (Å²) in [4.78, 5) is 11.9. The first-order valence-corrected chi connectivity index (χ1v) is 6.59. The second kappa shape index (κ2) is 6.83. The van der Waals surface area contributed by atoms with Gasteiger partial charge in [-0.05, 0) is 51.3 Å². The van der Waals surface area contributed by atoms with Crippen molar-refractivity contribution in [1.29, 1.82) is 0 Å². The van der Waals surface area contributed by atoms with E-state index in [0.717, 1.165) is 12.0 Å². The van der Waals surface area contributed by atoms with E-state index in [0.29, 0.717) is 12.2 Å². The normalized spacial score (nSPS) is 11.6. The zero-order valence-electron chi connectivity index (χ0n) is 12.6. The minimum atomic E-state index is -0.205. The van der Waals surface area contributed by atoms with Crippen molar-refractivity contribution in [2.45, 2.75) is 39.7 Å². The van der Waals surface area contributed by atoms with Gasteiger partial charge in [0.1, 0.15) is 6.61 Å². The molecule has 3 heteroatoms. The van der Waals surface area contributed by atoms with Gasteiger partial charge in [-0.15, -0.1) is 0 Å². The Kier molecular flexibility index (Phi) is 5.70. The van der Waals surface area contributed by atoms with Crippen LogP contribution in [-0.2, 0) is 9.47 Å². The zero-order valence-corrected chi connectivity index (χ0v) is 12.6. The Hall–Kier alpha value is -1.19. The van der Waals surface area contributed by atoms with Crippen LogP contribution >= 0.6 is 0 Å². The average Bonchev–Trinajstić information content (AvgIpc) is 2.37. The zero-order chi connectivity index (χ0) is 14.5. The fourth-order valence-electron chi connectivity index (χ4n) is 1.58. The van der Waals surface area contributed by atoms with Crippen LogP contribution in [-0.4, -0.2) is 31.7 Å². The van der Waals surface area contributed by atoms with Crippen molar-refractivity contribution < 1.29 is 14.3 Å². The summed E-state index contributed by atoms with van der Waals surface area (Å²) in [6, 6.07) is 5.74. The van der Waals surface area contributed by atoms with Gasteiger partial charge in [-0.3, -0.25) is 4.79 Å². The number of carbonyl (C=O) groups excluding carboxylic acids is 1. The Bertz CT molecular complexity index is 436. The molecule has 0 aliphatic carbocycles. The van der Waals surface area contributed by atoms with Crippen molar-refractivity contribution in [3.05, 3.63) is 34.9 Å². The highest BCUT2D eigenvalue weighted by atomic mass is 16.5. The van der Waals surface area contributed by atoms with E-state index < -0.39 is 0 Å². The van der Waals surface area contributed by atoms with Crippen LogP contribution in [0, 0.1) is 13.8 Å². The highest BCUT2D eigenvalue weighted by Gasteiger charge is 2.16. The van der Waals surface area contributed by atoms with E-state index in [2.05, 4.69) is 0 Å². The predicted molar refractivity (Wildman–Crippen MR) is 76.8 cm³/mol. The fraction of sp³-hybridized carbons (Fsp3) is 0.562. The number of ketones is 1. The van der Waals surface area contributed by atoms with Gasteiger partial charge in [0.05, 0.1) is 5.60 Å². The monoisotopic (exact) mass is 264 g/mol. The lowest BCUT2D eigenvalue weighted by Gasteiger charge is -2.22. The Morgan fingerprint density at radius 3 is 2.47 bits per heavy atom. The van der Waals surface area contributed by atoms with Crippen LogP contribution in [0.3, 0.4) is 0 Å². The van der Waals surface area contributed by atoms with Gasteiger partial charge in [0.15, 0.2) is 5.78 Å². The standard InChI is InChI=1S/C16H24O3/c1-12-6-7-14(10-13(12)2)15(17)11-19-9-8-16(3,4)18-5/h6-7,10H,8-9,11H2,1-5H3. The summed E-state index contributed by atoms with van der Waals surface area (Å²) >= 11 is 0. The summed E-state index contributed by atoms with van der Waals surface area (Å²) in [5.74, 6) is 0.0262. The molecule has 0 aliphatic rings. The van der Waals surface area contributed by atoms with Gasteiger partial charge in [0.2, 0.25) is 0 Å². The second-order valence-electron chi connectivity index (χ2n) is 5.49. The summed E-state index contributed by atoms with van der Waals surface area (Å²) in [5.41, 5.74) is 2.84. The first-order valence-electron chi connectivity index (χ1n) is 6.59. The number of benzene rings is 1. The SMILES string of the molecule is COC(C)(C)CCOCC(=O)c1ccc(C)c(C)c1. The largest absolute Gasteiger partial charge is 0.379 e. The van der Waals surface area contributed by atoms with E-state index in [1.807, 2.05) is 45.9 Å². The van der Waals surface area contributed by atoms with Crippen LogP contribution in [0.15, 0.2) is 18.2 Å². The topological polar surface area (TPSA) is 35.5 Å². The van der Waals surface area contributed by atoms with E-state index in [1.165, 1.54) is 5.56 Å². The smallest absolute Gasteiger partial charge is 0.188 e. The summed E-state index contributed by atoms with van der Waals surface area (Å²) in [5, 5.41) is 0. The third-order valence-electron chi connectivity index (χ3n) is 3.46. The molecule has 0 saturated carbocycles. The molecule has 0 bridgehead atoms. The van der Waals surface area contributed by atoms with Crippen molar-refractivity contribution in [3.63, 3.8) is 0 Å². The Balaban J connectivity index is 2.41. The average molecular weight is 264 g/mol. The molecular weight excluding hydrogens is 240 g/mol. The molecule has 3 nitrogen and oxygen atoms in total. The molecular formula is C16H24O3. The Morgan fingerprint density at radius 1 is 1.21 bits per heavy atom. The molecule has 106 valence electrons. The van der Waals surface area contributed by atoms with E-state index in [4.69, 9.17) is 9.47 Å². The molecule has 1 aromatic carbocycles. The lowest BCUT2D eigenvalue weighted by molar-refractivity contribution is -0.00836. The van der Waals surface area contributed by atoms with Gasteiger partial charge in [0.25, 0.3) is 0 Å². The third-order valence-corrected chi connectivity index (χ3v) is 3.46. The number of methoxy groups -OCH3 is 1. The van der Waals surface area contributed by atoms with E-state index in [9.17, 15) is 4.79 Å². The quantitative estimate of drug-likeness (QED) is 0.560. The molecule has 0 spiro atoms.